The molecule has 0 N–H and O–H groups in total. The molecule has 0 saturated heterocycles. The fourth-order valence-electron chi connectivity index (χ4n) is 16.3. The molecule has 0 atom stereocenters. The van der Waals surface area contributed by atoms with E-state index in [4.69, 9.17) is 8.83 Å². The van der Waals surface area contributed by atoms with E-state index in [1.54, 1.807) is 0 Å². The van der Waals surface area contributed by atoms with Crippen molar-refractivity contribution in [3.8, 4) is 44.5 Å². The second kappa shape index (κ2) is 19.5. The Hall–Kier alpha value is -11.5. The lowest BCUT2D eigenvalue weighted by Crippen LogP contribution is -2.15. The van der Waals surface area contributed by atoms with E-state index >= 15 is 0 Å². The minimum atomic E-state index is -0.242. The molecule has 0 spiro atoms. The highest BCUT2D eigenvalue weighted by Crippen LogP contribution is 2.56. The van der Waals surface area contributed by atoms with Gasteiger partial charge in [-0.2, -0.15) is 0 Å². The summed E-state index contributed by atoms with van der Waals surface area (Å²) in [7, 11) is 0. The zero-order chi connectivity index (χ0) is 61.1. The number of hydrogen-bond acceptors (Lipinski definition) is 4. The molecule has 19 rings (SSSR count). The molecule has 0 radical (unpaired) electrons. The molecule has 434 valence electrons. The Morgan fingerprint density at radius 3 is 1.08 bits per heavy atom. The van der Waals surface area contributed by atoms with Gasteiger partial charge in [-0.05, 0) is 172 Å². The van der Waals surface area contributed by atoms with Crippen molar-refractivity contribution in [2.24, 2.45) is 0 Å². The van der Waals surface area contributed by atoms with Crippen LogP contribution in [0.15, 0.2) is 300 Å². The van der Waals surface area contributed by atoms with Gasteiger partial charge >= 0.3 is 0 Å². The first-order valence-corrected chi connectivity index (χ1v) is 32.1. The highest BCUT2D eigenvalue weighted by molar-refractivity contribution is 6.24. The number of rotatable bonds is 8. The predicted octanol–water partition coefficient (Wildman–Crippen LogP) is 25.0. The van der Waals surface area contributed by atoms with Crippen molar-refractivity contribution in [2.45, 2.75) is 38.5 Å². The second-order valence-corrected chi connectivity index (χ2v) is 26.2. The summed E-state index contributed by atoms with van der Waals surface area (Å²) in [6.45, 7) is 9.57. The molecule has 0 fully saturated rings. The fourth-order valence-corrected chi connectivity index (χ4v) is 16.3. The molecule has 0 saturated carbocycles. The van der Waals surface area contributed by atoms with Crippen LogP contribution in [0, 0.1) is 0 Å². The Bertz CT molecular complexity index is 5620. The van der Waals surface area contributed by atoms with E-state index < -0.39 is 0 Å². The molecule has 0 aliphatic heterocycles. The van der Waals surface area contributed by atoms with E-state index in [0.29, 0.717) is 0 Å². The Balaban J connectivity index is 0.953. The van der Waals surface area contributed by atoms with Crippen LogP contribution >= 0.6 is 0 Å². The molecule has 2 aliphatic carbocycles. The van der Waals surface area contributed by atoms with E-state index in [-0.39, 0.29) is 10.8 Å². The molecular weight excluding hydrogens is 1120 g/mol. The topological polar surface area (TPSA) is 32.8 Å². The van der Waals surface area contributed by atoms with Gasteiger partial charge in [0.15, 0.2) is 11.2 Å². The Morgan fingerprint density at radius 1 is 0.250 bits per heavy atom. The van der Waals surface area contributed by atoms with Gasteiger partial charge in [0.1, 0.15) is 11.2 Å². The zero-order valence-corrected chi connectivity index (χ0v) is 51.4. The predicted molar refractivity (Wildman–Crippen MR) is 386 cm³/mol. The fraction of sp³-hybridized carbons (Fsp3) is 0.0682. The lowest BCUT2D eigenvalue weighted by Gasteiger charge is -2.29. The summed E-state index contributed by atoms with van der Waals surface area (Å²) in [6.07, 6.45) is 0. The first-order chi connectivity index (χ1) is 45.2. The average molecular weight is 1180 g/mol. The van der Waals surface area contributed by atoms with Crippen LogP contribution in [0.4, 0.5) is 34.1 Å². The first-order valence-electron chi connectivity index (χ1n) is 32.1. The summed E-state index contributed by atoms with van der Waals surface area (Å²) >= 11 is 0. The molecule has 0 unspecified atom stereocenters. The van der Waals surface area contributed by atoms with Gasteiger partial charge in [0.25, 0.3) is 0 Å². The summed E-state index contributed by atoms with van der Waals surface area (Å²) in [5, 5.41) is 13.5. The monoisotopic (exact) mass is 1180 g/mol. The van der Waals surface area contributed by atoms with Gasteiger partial charge in [-0.15, -0.1) is 0 Å². The SMILES string of the molecule is CC1(C)c2ccccc2-c2ccc(-c3c4ccc(N(c5cccc6ccccc56)c5cccc6c5oc5ccccc56)cc4c(-c4ccc5c(c4)C(C)(C)c4ccccc4-5)c4ccc(N(c5cccc6ccccc56)c5cccc6c5oc5ccccc56)cc34)cc21. The Labute approximate surface area is 533 Å². The number of para-hydroxylation sites is 4. The molecule has 2 aliphatic rings. The number of nitrogens with zero attached hydrogens (tertiary/aromatic N) is 2. The number of benzene rings is 15. The molecular formula is C88H60N2O2. The maximum atomic E-state index is 7.01. The average Bonchev–Trinajstić information content (AvgIpc) is 1.28. The van der Waals surface area contributed by atoms with Crippen LogP contribution in [-0.2, 0) is 10.8 Å². The summed E-state index contributed by atoms with van der Waals surface area (Å²) in [4.78, 5) is 4.89. The largest absolute Gasteiger partial charge is 0.454 e. The summed E-state index contributed by atoms with van der Waals surface area (Å²) in [6, 6.07) is 108. The van der Waals surface area contributed by atoms with Crippen LogP contribution in [0.3, 0.4) is 0 Å². The van der Waals surface area contributed by atoms with Crippen molar-refractivity contribution in [2.75, 3.05) is 9.80 Å². The molecule has 17 aromatic rings. The minimum absolute atomic E-state index is 0.242. The van der Waals surface area contributed by atoms with Crippen LogP contribution in [0.25, 0.3) is 131 Å². The van der Waals surface area contributed by atoms with Crippen molar-refractivity contribution in [3.63, 3.8) is 0 Å². The van der Waals surface area contributed by atoms with Gasteiger partial charge in [-0.1, -0.05) is 246 Å². The van der Waals surface area contributed by atoms with Crippen molar-refractivity contribution in [3.05, 3.63) is 313 Å². The maximum Gasteiger partial charge on any atom is 0.159 e. The third-order valence-corrected chi connectivity index (χ3v) is 20.6. The third-order valence-electron chi connectivity index (χ3n) is 20.6. The molecule has 2 aromatic heterocycles. The van der Waals surface area contributed by atoms with Gasteiger partial charge in [-0.3, -0.25) is 0 Å². The molecule has 4 nitrogen and oxygen atoms in total. The van der Waals surface area contributed by atoms with E-state index in [0.717, 1.165) is 132 Å². The van der Waals surface area contributed by atoms with Gasteiger partial charge in [0, 0.05) is 54.5 Å². The number of furan rings is 2. The van der Waals surface area contributed by atoms with Crippen molar-refractivity contribution in [1.29, 1.82) is 0 Å². The van der Waals surface area contributed by atoms with Crippen molar-refractivity contribution >= 4 is 121 Å². The van der Waals surface area contributed by atoms with Gasteiger partial charge in [0.2, 0.25) is 0 Å². The molecule has 92 heavy (non-hydrogen) atoms. The van der Waals surface area contributed by atoms with E-state index in [9.17, 15) is 0 Å². The van der Waals surface area contributed by atoms with Crippen LogP contribution in [-0.4, -0.2) is 0 Å². The van der Waals surface area contributed by atoms with Crippen molar-refractivity contribution < 1.29 is 8.83 Å². The van der Waals surface area contributed by atoms with E-state index in [2.05, 4.69) is 329 Å². The number of anilines is 6. The van der Waals surface area contributed by atoms with E-state index in [1.165, 1.54) is 55.6 Å². The van der Waals surface area contributed by atoms with Crippen LogP contribution in [0.5, 0.6) is 0 Å². The van der Waals surface area contributed by atoms with Gasteiger partial charge in [-0.25, -0.2) is 0 Å². The molecule has 4 heteroatoms. The van der Waals surface area contributed by atoms with Crippen LogP contribution < -0.4 is 9.80 Å². The highest BCUT2D eigenvalue weighted by Gasteiger charge is 2.38. The standard InChI is InChI=1S/C88H60N2O2/c1-87(2)73-33-13-9-27-61(73)63-45-41-55(49-75(63)87)83-67-47-43-58(90(78-36-18-24-54-22-6-8-26-60(54)78)80-38-20-32-70-66-30-12-16-40-82(66)92-86(70)80)52-72(67)84(56-42-46-64-62-28-10-14-34-74(62)88(3,4)76(64)50-56)68-48-44-57(51-71(68)83)89(77-35-17-23-53-21-5-7-25-59(53)77)79-37-19-31-69-65-29-11-15-39-81(65)91-85(69)79/h5-52H,1-4H3. The number of hydrogen-bond donors (Lipinski definition) is 0. The molecule has 2 heterocycles. The maximum absolute atomic E-state index is 7.01. The van der Waals surface area contributed by atoms with Crippen LogP contribution in [0.2, 0.25) is 0 Å². The Kier molecular flexibility index (Phi) is 11.1. The zero-order valence-electron chi connectivity index (χ0n) is 51.4. The van der Waals surface area contributed by atoms with Crippen molar-refractivity contribution in [1.82, 2.24) is 0 Å². The number of fused-ring (bicyclic) bond motifs is 16. The smallest absolute Gasteiger partial charge is 0.159 e. The third kappa shape index (κ3) is 7.52. The van der Waals surface area contributed by atoms with Gasteiger partial charge in [0.05, 0.1) is 22.7 Å². The summed E-state index contributed by atoms with van der Waals surface area (Å²) < 4.78 is 14.0. The highest BCUT2D eigenvalue weighted by atomic mass is 16.3. The van der Waals surface area contributed by atoms with E-state index in [1.807, 2.05) is 0 Å². The first kappa shape index (κ1) is 52.5. The van der Waals surface area contributed by atoms with Crippen LogP contribution in [0.1, 0.15) is 49.9 Å². The second-order valence-electron chi connectivity index (χ2n) is 26.2. The lowest BCUT2D eigenvalue weighted by molar-refractivity contribution is 0.660. The molecule has 0 bridgehead atoms. The molecule has 15 aromatic carbocycles. The summed E-state index contributed by atoms with van der Waals surface area (Å²) in [5.74, 6) is 0. The Morgan fingerprint density at radius 2 is 0.609 bits per heavy atom. The van der Waals surface area contributed by atoms with Gasteiger partial charge < -0.3 is 18.6 Å². The summed E-state index contributed by atoms with van der Waals surface area (Å²) in [5.41, 5.74) is 24.2. The lowest BCUT2D eigenvalue weighted by atomic mass is 9.79. The molecule has 0 amide bonds. The normalized spacial score (nSPS) is 13.6. The minimum Gasteiger partial charge on any atom is -0.454 e. The quantitative estimate of drug-likeness (QED) is 0.142.